The van der Waals surface area contributed by atoms with Gasteiger partial charge in [0.1, 0.15) is 0 Å². The average Bonchev–Trinajstić information content (AvgIpc) is 3.82. The summed E-state index contributed by atoms with van der Waals surface area (Å²) in [5, 5.41) is 11.8. The molecule has 0 N–H and O–H groups in total. The fourth-order valence-electron chi connectivity index (χ4n) is 7.92. The van der Waals surface area contributed by atoms with Crippen LogP contribution in [0.25, 0.3) is 92.8 Å². The summed E-state index contributed by atoms with van der Waals surface area (Å²) in [6, 6.07) is 44.8. The average molecular weight is 520 g/mol. The third kappa shape index (κ3) is 2.23. The minimum atomic E-state index is 1.19. The lowest BCUT2D eigenvalue weighted by atomic mass is 10.0. The molecule has 0 aliphatic carbocycles. The molecule has 0 saturated carbocycles. The van der Waals surface area contributed by atoms with E-state index >= 15 is 0 Å². The Labute approximate surface area is 233 Å². The monoisotopic (exact) mass is 519 g/mol. The summed E-state index contributed by atoms with van der Waals surface area (Å²) in [5.74, 6) is 0. The number of aromatic nitrogens is 3. The Morgan fingerprint density at radius 1 is 0.390 bits per heavy atom. The molecule has 0 aliphatic heterocycles. The van der Waals surface area contributed by atoms with Gasteiger partial charge in [-0.2, -0.15) is 0 Å². The van der Waals surface area contributed by atoms with Gasteiger partial charge in [0.2, 0.25) is 0 Å². The first-order valence-corrected chi connectivity index (χ1v) is 14.2. The van der Waals surface area contributed by atoms with Gasteiger partial charge in [-0.25, -0.2) is 0 Å². The highest BCUT2D eigenvalue weighted by atomic mass is 15.0. The van der Waals surface area contributed by atoms with Crippen molar-refractivity contribution >= 4 is 87.1 Å². The molecule has 5 aromatic heterocycles. The largest absolute Gasteiger partial charge is 0.315 e. The van der Waals surface area contributed by atoms with E-state index < -0.39 is 0 Å². The zero-order valence-electron chi connectivity index (χ0n) is 22.0. The molecule has 3 heteroatoms. The molecule has 5 heterocycles. The molecular formula is C38H21N3. The van der Waals surface area contributed by atoms with Crippen LogP contribution in [0.1, 0.15) is 0 Å². The summed E-state index contributed by atoms with van der Waals surface area (Å²) in [6.07, 6.45) is 2.26. The third-order valence-electron chi connectivity index (χ3n) is 9.49. The zero-order valence-corrected chi connectivity index (χ0v) is 22.0. The highest BCUT2D eigenvalue weighted by Gasteiger charge is 2.24. The summed E-state index contributed by atoms with van der Waals surface area (Å²) in [5.41, 5.74) is 10.1. The van der Waals surface area contributed by atoms with Crippen molar-refractivity contribution in [2.24, 2.45) is 0 Å². The number of fused-ring (bicyclic) bond motifs is 13. The SMILES string of the molecule is c1ccc(-n2c3ccccc3c3cc4ccn5c6cc7c(cc6c(c32)c45)c2cccc3c4ccccc4n7c32)cc1. The van der Waals surface area contributed by atoms with Crippen molar-refractivity contribution in [3.63, 3.8) is 0 Å². The maximum Gasteiger partial charge on any atom is 0.0641 e. The highest BCUT2D eigenvalue weighted by Crippen LogP contribution is 2.46. The van der Waals surface area contributed by atoms with Gasteiger partial charge in [0.05, 0.1) is 38.6 Å². The molecular weight excluding hydrogens is 498 g/mol. The Hall–Kier alpha value is -5.54. The molecule has 0 aliphatic rings. The maximum atomic E-state index is 2.48. The lowest BCUT2D eigenvalue weighted by Crippen LogP contribution is -1.93. The van der Waals surface area contributed by atoms with Crippen LogP contribution in [-0.4, -0.2) is 13.4 Å². The van der Waals surface area contributed by atoms with Crippen LogP contribution in [-0.2, 0) is 0 Å². The molecule has 41 heavy (non-hydrogen) atoms. The summed E-state index contributed by atoms with van der Waals surface area (Å²) in [7, 11) is 0. The Morgan fingerprint density at radius 2 is 1.10 bits per heavy atom. The van der Waals surface area contributed by atoms with Crippen LogP contribution in [0, 0.1) is 0 Å². The third-order valence-corrected chi connectivity index (χ3v) is 9.49. The quantitative estimate of drug-likeness (QED) is 0.205. The summed E-state index contributed by atoms with van der Waals surface area (Å²) < 4.78 is 7.37. The van der Waals surface area contributed by atoms with E-state index in [0.717, 1.165) is 0 Å². The van der Waals surface area contributed by atoms with Gasteiger partial charge >= 0.3 is 0 Å². The van der Waals surface area contributed by atoms with E-state index in [1.165, 1.54) is 92.8 Å². The lowest BCUT2D eigenvalue weighted by molar-refractivity contribution is 1.19. The molecule has 0 unspecified atom stereocenters. The van der Waals surface area contributed by atoms with Crippen LogP contribution in [0.3, 0.4) is 0 Å². The number of benzene rings is 6. The maximum absolute atomic E-state index is 2.48. The van der Waals surface area contributed by atoms with Crippen molar-refractivity contribution < 1.29 is 0 Å². The standard InChI is InChI=1S/C38H21N3/c1-2-9-23(10-3-1)40-31-15-6-5-12-25(31)29-19-22-17-18-39-33-21-34-28(20-30(33)35(36(22)39)38(29)40)27-14-8-13-26-24-11-4-7-16-32(24)41(34)37(26)27/h1-21H. The van der Waals surface area contributed by atoms with Crippen LogP contribution in [0.5, 0.6) is 0 Å². The van der Waals surface area contributed by atoms with E-state index in [1.54, 1.807) is 0 Å². The van der Waals surface area contributed by atoms with Gasteiger partial charge < -0.3 is 13.4 Å². The fourth-order valence-corrected chi connectivity index (χ4v) is 7.92. The van der Waals surface area contributed by atoms with Crippen LogP contribution in [0.15, 0.2) is 128 Å². The Morgan fingerprint density at radius 3 is 1.95 bits per heavy atom. The number of hydrogen-bond acceptors (Lipinski definition) is 0. The molecule has 0 amide bonds. The van der Waals surface area contributed by atoms with Gasteiger partial charge in [0, 0.05) is 60.4 Å². The second-order valence-electron chi connectivity index (χ2n) is 11.4. The van der Waals surface area contributed by atoms with E-state index in [-0.39, 0.29) is 0 Å². The molecule has 0 spiro atoms. The van der Waals surface area contributed by atoms with Crippen molar-refractivity contribution in [1.29, 1.82) is 0 Å². The predicted molar refractivity (Wildman–Crippen MR) is 173 cm³/mol. The van der Waals surface area contributed by atoms with Crippen LogP contribution >= 0.6 is 0 Å². The minimum Gasteiger partial charge on any atom is -0.315 e. The first kappa shape index (κ1) is 20.4. The molecule has 6 aromatic carbocycles. The van der Waals surface area contributed by atoms with E-state index in [9.17, 15) is 0 Å². The van der Waals surface area contributed by atoms with Gasteiger partial charge in [-0.3, -0.25) is 0 Å². The van der Waals surface area contributed by atoms with Crippen molar-refractivity contribution in [2.45, 2.75) is 0 Å². The highest BCUT2D eigenvalue weighted by molar-refractivity contribution is 6.32. The molecule has 188 valence electrons. The molecule has 0 atom stereocenters. The van der Waals surface area contributed by atoms with Crippen molar-refractivity contribution in [2.75, 3.05) is 0 Å². The van der Waals surface area contributed by atoms with Crippen molar-refractivity contribution in [1.82, 2.24) is 13.4 Å². The Bertz CT molecular complexity index is 2840. The number of para-hydroxylation sites is 4. The Balaban J connectivity index is 1.43. The smallest absolute Gasteiger partial charge is 0.0641 e. The van der Waals surface area contributed by atoms with E-state index in [4.69, 9.17) is 0 Å². The first-order valence-electron chi connectivity index (χ1n) is 14.2. The zero-order chi connectivity index (χ0) is 26.4. The normalized spacial score (nSPS) is 12.9. The number of nitrogens with zero attached hydrogens (tertiary/aromatic N) is 3. The van der Waals surface area contributed by atoms with E-state index in [2.05, 4.69) is 141 Å². The van der Waals surface area contributed by atoms with Gasteiger partial charge in [-0.05, 0) is 48.5 Å². The molecule has 0 fully saturated rings. The lowest BCUT2D eigenvalue weighted by Gasteiger charge is -2.09. The van der Waals surface area contributed by atoms with Crippen LogP contribution in [0.4, 0.5) is 0 Å². The van der Waals surface area contributed by atoms with Gasteiger partial charge in [-0.15, -0.1) is 0 Å². The molecule has 11 aromatic rings. The number of hydrogen-bond donors (Lipinski definition) is 0. The molecule has 0 saturated heterocycles. The molecule has 0 radical (unpaired) electrons. The molecule has 0 bridgehead atoms. The van der Waals surface area contributed by atoms with Gasteiger partial charge in [0.25, 0.3) is 0 Å². The Kier molecular flexibility index (Phi) is 3.37. The summed E-state index contributed by atoms with van der Waals surface area (Å²) in [4.78, 5) is 0. The number of rotatable bonds is 1. The minimum absolute atomic E-state index is 1.19. The summed E-state index contributed by atoms with van der Waals surface area (Å²) in [6.45, 7) is 0. The van der Waals surface area contributed by atoms with Crippen molar-refractivity contribution in [3.8, 4) is 5.69 Å². The van der Waals surface area contributed by atoms with Crippen LogP contribution < -0.4 is 0 Å². The topological polar surface area (TPSA) is 13.8 Å². The fraction of sp³-hybridized carbons (Fsp3) is 0. The van der Waals surface area contributed by atoms with Gasteiger partial charge in [0.15, 0.2) is 0 Å². The second-order valence-corrected chi connectivity index (χ2v) is 11.4. The van der Waals surface area contributed by atoms with E-state index in [0.29, 0.717) is 0 Å². The second kappa shape index (κ2) is 6.78. The van der Waals surface area contributed by atoms with E-state index in [1.807, 2.05) is 0 Å². The van der Waals surface area contributed by atoms with Gasteiger partial charge in [-0.1, -0.05) is 72.8 Å². The van der Waals surface area contributed by atoms with Crippen molar-refractivity contribution in [3.05, 3.63) is 128 Å². The predicted octanol–water partition coefficient (Wildman–Crippen LogP) is 9.93. The molecule has 11 rings (SSSR count). The van der Waals surface area contributed by atoms with Crippen LogP contribution in [0.2, 0.25) is 0 Å². The first-order chi connectivity index (χ1) is 20.4. The molecule has 3 nitrogen and oxygen atoms in total. The summed E-state index contributed by atoms with van der Waals surface area (Å²) >= 11 is 0.